The molecule has 39 heavy (non-hydrogen) atoms. The molecule has 1 heterocycles. The van der Waals surface area contributed by atoms with E-state index in [0.29, 0.717) is 35.7 Å². The number of rotatable bonds is 9. The molecule has 0 bridgehead atoms. The number of nitrogens with one attached hydrogen (secondary N) is 1. The Kier molecular flexibility index (Phi) is 8.34. The highest BCUT2D eigenvalue weighted by Gasteiger charge is 2.28. The molecular weight excluding hydrogens is 538 g/mol. The first kappa shape index (κ1) is 28.6. The van der Waals surface area contributed by atoms with Crippen LogP contribution in [0.4, 0.5) is 11.4 Å². The van der Waals surface area contributed by atoms with Crippen molar-refractivity contribution >= 4 is 37.3 Å². The largest absolute Gasteiger partial charge is 0.495 e. The summed E-state index contributed by atoms with van der Waals surface area (Å²) in [4.78, 5) is 13.1. The van der Waals surface area contributed by atoms with Crippen LogP contribution in [0.2, 0.25) is 0 Å². The van der Waals surface area contributed by atoms with E-state index in [1.165, 1.54) is 33.9 Å². The van der Waals surface area contributed by atoms with Gasteiger partial charge in [0.2, 0.25) is 20.0 Å². The van der Waals surface area contributed by atoms with Crippen LogP contribution < -0.4 is 14.4 Å². The summed E-state index contributed by atoms with van der Waals surface area (Å²) < 4.78 is 59.2. The standard InChI is InChI=1S/C28H33N3O6S2/c1-20-7-12-24(17-21(20)2)31(38(4,33)34)19-22-8-10-23(11-9-22)28(32)29-26-18-25(13-14-27(26)37-3)39(35,36)30-15-5-6-16-30/h7-14,17-18H,5-6,15-16,19H2,1-4H3,(H,29,32). The van der Waals surface area contributed by atoms with Gasteiger partial charge in [0.05, 0.1) is 36.2 Å². The van der Waals surface area contributed by atoms with E-state index in [9.17, 15) is 21.6 Å². The molecule has 11 heteroatoms. The Morgan fingerprint density at radius 1 is 0.923 bits per heavy atom. The van der Waals surface area contributed by atoms with E-state index in [-0.39, 0.29) is 17.1 Å². The maximum atomic E-state index is 13.1. The molecule has 0 aromatic heterocycles. The predicted octanol–water partition coefficient (Wildman–Crippen LogP) is 4.32. The van der Waals surface area contributed by atoms with Gasteiger partial charge >= 0.3 is 0 Å². The Hall–Kier alpha value is -3.41. The molecule has 0 atom stereocenters. The Morgan fingerprint density at radius 2 is 1.59 bits per heavy atom. The number of carbonyl (C=O) groups is 1. The van der Waals surface area contributed by atoms with Gasteiger partial charge in [0, 0.05) is 18.7 Å². The highest BCUT2D eigenvalue weighted by atomic mass is 32.2. The number of nitrogens with zero attached hydrogens (tertiary/aromatic N) is 2. The van der Waals surface area contributed by atoms with Crippen molar-refractivity contribution in [2.24, 2.45) is 0 Å². The quantitative estimate of drug-likeness (QED) is 0.410. The van der Waals surface area contributed by atoms with Crippen molar-refractivity contribution in [2.75, 3.05) is 36.1 Å². The lowest BCUT2D eigenvalue weighted by Gasteiger charge is -2.23. The van der Waals surface area contributed by atoms with Crippen molar-refractivity contribution < 1.29 is 26.4 Å². The molecule has 1 aliphatic heterocycles. The lowest BCUT2D eigenvalue weighted by molar-refractivity contribution is 0.102. The summed E-state index contributed by atoms with van der Waals surface area (Å²) in [6, 6.07) is 16.5. The molecule has 0 spiro atoms. The first-order valence-electron chi connectivity index (χ1n) is 12.5. The monoisotopic (exact) mass is 571 g/mol. The molecule has 1 fully saturated rings. The summed E-state index contributed by atoms with van der Waals surface area (Å²) in [5.74, 6) is -0.123. The van der Waals surface area contributed by atoms with Gasteiger partial charge in [-0.25, -0.2) is 16.8 Å². The van der Waals surface area contributed by atoms with Gasteiger partial charge in [-0.1, -0.05) is 18.2 Å². The predicted molar refractivity (Wildman–Crippen MR) is 152 cm³/mol. The highest BCUT2D eigenvalue weighted by Crippen LogP contribution is 2.31. The van der Waals surface area contributed by atoms with Gasteiger partial charge in [-0.3, -0.25) is 9.10 Å². The third-order valence-electron chi connectivity index (χ3n) is 6.84. The third kappa shape index (κ3) is 6.43. The number of methoxy groups -OCH3 is 1. The Labute approximate surface area is 230 Å². The number of aryl methyl sites for hydroxylation is 2. The van der Waals surface area contributed by atoms with Crippen LogP contribution >= 0.6 is 0 Å². The molecule has 1 amide bonds. The van der Waals surface area contributed by atoms with Crippen molar-refractivity contribution in [2.45, 2.75) is 38.1 Å². The van der Waals surface area contributed by atoms with E-state index in [0.717, 1.165) is 30.2 Å². The van der Waals surface area contributed by atoms with Crippen LogP contribution in [0.25, 0.3) is 0 Å². The number of amides is 1. The van der Waals surface area contributed by atoms with Gasteiger partial charge in [0.25, 0.3) is 5.91 Å². The molecule has 3 aromatic rings. The number of hydrogen-bond acceptors (Lipinski definition) is 6. The molecule has 0 saturated carbocycles. The molecule has 0 unspecified atom stereocenters. The van der Waals surface area contributed by atoms with Crippen LogP contribution in [-0.4, -0.2) is 53.5 Å². The first-order valence-corrected chi connectivity index (χ1v) is 15.8. The van der Waals surface area contributed by atoms with Gasteiger partial charge in [-0.15, -0.1) is 0 Å². The van der Waals surface area contributed by atoms with E-state index in [1.807, 2.05) is 26.0 Å². The fourth-order valence-corrected chi connectivity index (χ4v) is 6.85. The number of benzene rings is 3. The smallest absolute Gasteiger partial charge is 0.255 e. The fraction of sp³-hybridized carbons (Fsp3) is 0.321. The first-order chi connectivity index (χ1) is 18.4. The summed E-state index contributed by atoms with van der Waals surface area (Å²) in [6.45, 7) is 4.95. The molecule has 9 nitrogen and oxygen atoms in total. The summed E-state index contributed by atoms with van der Waals surface area (Å²) in [6.07, 6.45) is 2.80. The minimum atomic E-state index is -3.67. The van der Waals surface area contributed by atoms with Gasteiger partial charge < -0.3 is 10.1 Å². The van der Waals surface area contributed by atoms with Crippen molar-refractivity contribution in [1.82, 2.24) is 4.31 Å². The van der Waals surface area contributed by atoms with Crippen LogP contribution in [-0.2, 0) is 26.6 Å². The molecule has 4 rings (SSSR count). The summed E-state index contributed by atoms with van der Waals surface area (Å²) in [5, 5.41) is 2.75. The van der Waals surface area contributed by atoms with Gasteiger partial charge in [-0.05, 0) is 85.8 Å². The maximum absolute atomic E-state index is 13.1. The van der Waals surface area contributed by atoms with E-state index >= 15 is 0 Å². The lowest BCUT2D eigenvalue weighted by Crippen LogP contribution is -2.29. The van der Waals surface area contributed by atoms with Gasteiger partial charge in [0.1, 0.15) is 5.75 Å². The van der Waals surface area contributed by atoms with Gasteiger partial charge in [-0.2, -0.15) is 4.31 Å². The van der Waals surface area contributed by atoms with E-state index in [2.05, 4.69) is 5.32 Å². The molecule has 0 aliphatic carbocycles. The zero-order valence-corrected chi connectivity index (χ0v) is 24.1. The van der Waals surface area contributed by atoms with Crippen molar-refractivity contribution in [3.8, 4) is 5.75 Å². The van der Waals surface area contributed by atoms with Crippen LogP contribution in [0.1, 0.15) is 39.9 Å². The topological polar surface area (TPSA) is 113 Å². The van der Waals surface area contributed by atoms with E-state index in [4.69, 9.17) is 4.74 Å². The Morgan fingerprint density at radius 3 is 2.18 bits per heavy atom. The lowest BCUT2D eigenvalue weighted by atomic mass is 10.1. The number of anilines is 2. The maximum Gasteiger partial charge on any atom is 0.255 e. The molecule has 0 radical (unpaired) electrons. The number of ether oxygens (including phenoxy) is 1. The summed E-state index contributed by atoms with van der Waals surface area (Å²) >= 11 is 0. The summed E-state index contributed by atoms with van der Waals surface area (Å²) in [7, 11) is -5.78. The molecule has 1 aliphatic rings. The van der Waals surface area contributed by atoms with Crippen molar-refractivity contribution in [3.63, 3.8) is 0 Å². The Balaban J connectivity index is 1.53. The van der Waals surface area contributed by atoms with Crippen LogP contribution in [0, 0.1) is 13.8 Å². The van der Waals surface area contributed by atoms with Gasteiger partial charge in [0.15, 0.2) is 0 Å². The van der Waals surface area contributed by atoms with Crippen LogP contribution in [0.15, 0.2) is 65.6 Å². The van der Waals surface area contributed by atoms with Crippen LogP contribution in [0.3, 0.4) is 0 Å². The van der Waals surface area contributed by atoms with Crippen molar-refractivity contribution in [3.05, 3.63) is 82.9 Å². The number of sulfonamides is 2. The number of hydrogen-bond donors (Lipinski definition) is 1. The minimum Gasteiger partial charge on any atom is -0.495 e. The van der Waals surface area contributed by atoms with Crippen LogP contribution in [0.5, 0.6) is 5.75 Å². The van der Waals surface area contributed by atoms with Crippen molar-refractivity contribution in [1.29, 1.82) is 0 Å². The number of carbonyl (C=O) groups excluding carboxylic acids is 1. The Bertz CT molecular complexity index is 1580. The SMILES string of the molecule is COc1ccc(S(=O)(=O)N2CCCC2)cc1NC(=O)c1ccc(CN(c2ccc(C)c(C)c2)S(C)(=O)=O)cc1. The zero-order valence-electron chi connectivity index (χ0n) is 22.5. The average molecular weight is 572 g/mol. The van der Waals surface area contributed by atoms with E-state index in [1.54, 1.807) is 30.3 Å². The summed E-state index contributed by atoms with van der Waals surface area (Å²) in [5.41, 5.74) is 3.89. The second kappa shape index (κ2) is 11.4. The minimum absolute atomic E-state index is 0.0862. The van der Waals surface area contributed by atoms with E-state index < -0.39 is 26.0 Å². The normalized spacial score (nSPS) is 14.3. The fourth-order valence-electron chi connectivity index (χ4n) is 4.43. The average Bonchev–Trinajstić information content (AvgIpc) is 3.45. The second-order valence-corrected chi connectivity index (χ2v) is 13.5. The third-order valence-corrected chi connectivity index (χ3v) is 9.88. The zero-order chi connectivity index (χ0) is 28.4. The molecule has 208 valence electrons. The second-order valence-electron chi connectivity index (χ2n) is 9.66. The molecular formula is C28H33N3O6S2. The molecule has 3 aromatic carbocycles. The molecule has 1 saturated heterocycles. The molecule has 1 N–H and O–H groups in total. The highest BCUT2D eigenvalue weighted by molar-refractivity contribution is 7.92.